The lowest BCUT2D eigenvalue weighted by Crippen LogP contribution is -2.49. The van der Waals surface area contributed by atoms with Gasteiger partial charge in [0.1, 0.15) is 0 Å². The molecule has 1 heterocycles. The van der Waals surface area contributed by atoms with Gasteiger partial charge in [0.05, 0.1) is 0 Å². The second-order valence-electron chi connectivity index (χ2n) is 5.28. The normalized spacial score (nSPS) is 23.2. The van der Waals surface area contributed by atoms with Gasteiger partial charge in [-0.1, -0.05) is 13.8 Å². The molecule has 0 radical (unpaired) electrons. The number of hydrogen-bond donors (Lipinski definition) is 2. The summed E-state index contributed by atoms with van der Waals surface area (Å²) in [5, 5.41) is 0. The highest BCUT2D eigenvalue weighted by molar-refractivity contribution is 4.75. The SMILES string of the molecule is CC(CN)CN1CCN(CC(C)CN)CC1. The summed E-state index contributed by atoms with van der Waals surface area (Å²) in [5.41, 5.74) is 11.3. The fraction of sp³-hybridized carbons (Fsp3) is 1.00. The van der Waals surface area contributed by atoms with Crippen molar-refractivity contribution in [1.82, 2.24) is 9.80 Å². The minimum Gasteiger partial charge on any atom is -0.330 e. The molecule has 4 heteroatoms. The van der Waals surface area contributed by atoms with Crippen molar-refractivity contribution >= 4 is 0 Å². The molecule has 0 saturated carbocycles. The molecule has 1 aliphatic heterocycles. The van der Waals surface area contributed by atoms with Crippen molar-refractivity contribution in [3.05, 3.63) is 0 Å². The van der Waals surface area contributed by atoms with Gasteiger partial charge in [0.25, 0.3) is 0 Å². The maximum atomic E-state index is 5.65. The Bertz CT molecular complexity index is 158. The van der Waals surface area contributed by atoms with Crippen molar-refractivity contribution in [2.75, 3.05) is 52.4 Å². The van der Waals surface area contributed by atoms with Crippen LogP contribution in [0.4, 0.5) is 0 Å². The molecule has 4 N–H and O–H groups in total. The van der Waals surface area contributed by atoms with Crippen LogP contribution in [0.25, 0.3) is 0 Å². The van der Waals surface area contributed by atoms with Gasteiger partial charge in [-0.2, -0.15) is 0 Å². The highest BCUT2D eigenvalue weighted by atomic mass is 15.3. The quantitative estimate of drug-likeness (QED) is 0.661. The van der Waals surface area contributed by atoms with Crippen LogP contribution in [0.5, 0.6) is 0 Å². The lowest BCUT2D eigenvalue weighted by atomic mass is 10.1. The predicted octanol–water partition coefficient (Wildman–Crippen LogP) is -0.206. The van der Waals surface area contributed by atoms with E-state index in [-0.39, 0.29) is 0 Å². The van der Waals surface area contributed by atoms with E-state index in [4.69, 9.17) is 11.5 Å². The second-order valence-corrected chi connectivity index (χ2v) is 5.28. The third-order valence-corrected chi connectivity index (χ3v) is 3.41. The summed E-state index contributed by atoms with van der Waals surface area (Å²) in [7, 11) is 0. The summed E-state index contributed by atoms with van der Waals surface area (Å²) in [4.78, 5) is 5.06. The molecule has 0 aromatic heterocycles. The minimum atomic E-state index is 0.620. The Morgan fingerprint density at radius 1 is 0.812 bits per heavy atom. The first-order valence-corrected chi connectivity index (χ1v) is 6.50. The first-order chi connectivity index (χ1) is 7.65. The van der Waals surface area contributed by atoms with E-state index in [1.165, 1.54) is 26.2 Å². The number of rotatable bonds is 6. The van der Waals surface area contributed by atoms with Gasteiger partial charge in [-0.25, -0.2) is 0 Å². The van der Waals surface area contributed by atoms with Crippen molar-refractivity contribution in [1.29, 1.82) is 0 Å². The van der Waals surface area contributed by atoms with Crippen LogP contribution in [-0.4, -0.2) is 62.2 Å². The highest BCUT2D eigenvalue weighted by Gasteiger charge is 2.18. The summed E-state index contributed by atoms with van der Waals surface area (Å²) in [6, 6.07) is 0. The average Bonchev–Trinajstić information content (AvgIpc) is 2.31. The van der Waals surface area contributed by atoms with Crippen LogP contribution < -0.4 is 11.5 Å². The predicted molar refractivity (Wildman–Crippen MR) is 69.3 cm³/mol. The van der Waals surface area contributed by atoms with Crippen LogP contribution in [0, 0.1) is 11.8 Å². The van der Waals surface area contributed by atoms with E-state index in [0.29, 0.717) is 11.8 Å². The van der Waals surface area contributed by atoms with Crippen LogP contribution in [-0.2, 0) is 0 Å². The topological polar surface area (TPSA) is 58.5 Å². The molecule has 0 aromatic rings. The van der Waals surface area contributed by atoms with Gasteiger partial charge in [0.2, 0.25) is 0 Å². The molecular formula is C12H28N4. The van der Waals surface area contributed by atoms with Crippen molar-refractivity contribution in [3.8, 4) is 0 Å². The Labute approximate surface area is 99.9 Å². The molecule has 1 fully saturated rings. The molecule has 0 aliphatic carbocycles. The third kappa shape index (κ3) is 4.78. The van der Waals surface area contributed by atoms with Crippen molar-refractivity contribution in [2.24, 2.45) is 23.3 Å². The van der Waals surface area contributed by atoms with E-state index in [2.05, 4.69) is 23.6 Å². The molecule has 1 rings (SSSR count). The minimum absolute atomic E-state index is 0.620. The zero-order valence-electron chi connectivity index (χ0n) is 10.9. The van der Waals surface area contributed by atoms with Crippen LogP contribution in [0.3, 0.4) is 0 Å². The van der Waals surface area contributed by atoms with Crippen LogP contribution in [0.1, 0.15) is 13.8 Å². The van der Waals surface area contributed by atoms with E-state index in [1.54, 1.807) is 0 Å². The number of nitrogens with two attached hydrogens (primary N) is 2. The van der Waals surface area contributed by atoms with Crippen molar-refractivity contribution in [2.45, 2.75) is 13.8 Å². The summed E-state index contributed by atoms with van der Waals surface area (Å²) >= 11 is 0. The number of nitrogens with zero attached hydrogens (tertiary/aromatic N) is 2. The van der Waals surface area contributed by atoms with Crippen LogP contribution in [0.15, 0.2) is 0 Å². The zero-order valence-corrected chi connectivity index (χ0v) is 10.9. The first kappa shape index (κ1) is 13.9. The van der Waals surface area contributed by atoms with Gasteiger partial charge >= 0.3 is 0 Å². The van der Waals surface area contributed by atoms with Gasteiger partial charge in [0, 0.05) is 39.3 Å². The third-order valence-electron chi connectivity index (χ3n) is 3.41. The molecule has 0 amide bonds. The van der Waals surface area contributed by atoms with Gasteiger partial charge in [-0.05, 0) is 24.9 Å². The van der Waals surface area contributed by atoms with Crippen molar-refractivity contribution in [3.63, 3.8) is 0 Å². The molecule has 0 spiro atoms. The van der Waals surface area contributed by atoms with Crippen LogP contribution >= 0.6 is 0 Å². The van der Waals surface area contributed by atoms with E-state index in [1.807, 2.05) is 0 Å². The summed E-state index contributed by atoms with van der Waals surface area (Å²) in [5.74, 6) is 1.24. The molecule has 1 saturated heterocycles. The summed E-state index contributed by atoms with van der Waals surface area (Å²) in [6.45, 7) is 13.1. The molecule has 2 unspecified atom stereocenters. The Kier molecular flexibility index (Phi) is 6.28. The maximum Gasteiger partial charge on any atom is 0.0110 e. The smallest absolute Gasteiger partial charge is 0.0110 e. The van der Waals surface area contributed by atoms with Gasteiger partial charge in [0.15, 0.2) is 0 Å². The highest BCUT2D eigenvalue weighted by Crippen LogP contribution is 2.07. The Balaban J connectivity index is 2.18. The molecule has 4 nitrogen and oxygen atoms in total. The Morgan fingerprint density at radius 2 is 1.12 bits per heavy atom. The average molecular weight is 228 g/mol. The molecular weight excluding hydrogens is 200 g/mol. The monoisotopic (exact) mass is 228 g/mol. The molecule has 1 aliphatic rings. The summed E-state index contributed by atoms with van der Waals surface area (Å²) in [6.07, 6.45) is 0. The standard InChI is InChI=1S/C12H28N4/c1-11(7-13)9-15-3-5-16(6-4-15)10-12(2)8-14/h11-12H,3-10,13-14H2,1-2H3. The molecule has 16 heavy (non-hydrogen) atoms. The zero-order chi connectivity index (χ0) is 12.0. The van der Waals surface area contributed by atoms with Crippen molar-refractivity contribution < 1.29 is 0 Å². The summed E-state index contributed by atoms with van der Waals surface area (Å²) < 4.78 is 0. The van der Waals surface area contributed by atoms with Gasteiger partial charge < -0.3 is 21.3 Å². The lowest BCUT2D eigenvalue weighted by Gasteiger charge is -2.36. The fourth-order valence-corrected chi connectivity index (χ4v) is 2.19. The number of hydrogen-bond acceptors (Lipinski definition) is 4. The molecule has 0 aromatic carbocycles. The Morgan fingerprint density at radius 3 is 1.38 bits per heavy atom. The molecule has 2 atom stereocenters. The van der Waals surface area contributed by atoms with Crippen LogP contribution in [0.2, 0.25) is 0 Å². The fourth-order valence-electron chi connectivity index (χ4n) is 2.19. The largest absolute Gasteiger partial charge is 0.330 e. The van der Waals surface area contributed by atoms with E-state index in [9.17, 15) is 0 Å². The van der Waals surface area contributed by atoms with E-state index >= 15 is 0 Å². The van der Waals surface area contributed by atoms with E-state index < -0.39 is 0 Å². The van der Waals surface area contributed by atoms with Gasteiger partial charge in [-0.3, -0.25) is 0 Å². The van der Waals surface area contributed by atoms with Gasteiger partial charge in [-0.15, -0.1) is 0 Å². The molecule has 96 valence electrons. The lowest BCUT2D eigenvalue weighted by molar-refractivity contribution is 0.111. The molecule has 0 bridgehead atoms. The first-order valence-electron chi connectivity index (χ1n) is 6.50. The maximum absolute atomic E-state index is 5.65. The number of piperazine rings is 1. The second kappa shape index (κ2) is 7.22. The van der Waals surface area contributed by atoms with E-state index in [0.717, 1.165) is 26.2 Å². The Hall–Kier alpha value is -0.160.